The van der Waals surface area contributed by atoms with E-state index in [1.165, 1.54) is 42.5 Å². The zero-order valence-electron chi connectivity index (χ0n) is 14.7. The Hall–Kier alpha value is -3.49. The first-order valence-corrected chi connectivity index (χ1v) is 8.15. The molecule has 0 heterocycles. The van der Waals surface area contributed by atoms with E-state index < -0.39 is 24.2 Å². The molecule has 0 radical (unpaired) electrons. The van der Waals surface area contributed by atoms with Gasteiger partial charge in [-0.25, -0.2) is 4.39 Å². The first-order chi connectivity index (χ1) is 13.4. The number of hydrogen-bond acceptors (Lipinski definition) is 4. The predicted octanol–water partition coefficient (Wildman–Crippen LogP) is 3.30. The minimum atomic E-state index is -3.00. The van der Waals surface area contributed by atoms with Crippen LogP contribution in [0.4, 0.5) is 13.2 Å². The quantitative estimate of drug-likeness (QED) is 0.558. The van der Waals surface area contributed by atoms with Gasteiger partial charge in [-0.2, -0.15) is 8.78 Å². The summed E-state index contributed by atoms with van der Waals surface area (Å²) in [6, 6.07) is 9.46. The number of hydrogen-bond donors (Lipinski definition) is 2. The van der Waals surface area contributed by atoms with Gasteiger partial charge in [-0.15, -0.1) is 0 Å². The standard InChI is InChI=1S/C19H17F3N2O4/c1-2-27-16-11-12(7-9-15(16)28-19(21)22)8-10-17(25)23-24-18(26)13-5-3-4-6-14(13)20/h3-11,19H,2H2,1H3,(H,23,25)(H,24,26)/b10-8+. The van der Waals surface area contributed by atoms with Crippen LogP contribution >= 0.6 is 0 Å². The average molecular weight is 394 g/mol. The van der Waals surface area contributed by atoms with Gasteiger partial charge < -0.3 is 9.47 Å². The second kappa shape index (κ2) is 10.0. The van der Waals surface area contributed by atoms with E-state index in [0.29, 0.717) is 5.56 Å². The van der Waals surface area contributed by atoms with Crippen molar-refractivity contribution in [1.29, 1.82) is 0 Å². The van der Waals surface area contributed by atoms with Crippen molar-refractivity contribution in [2.75, 3.05) is 6.61 Å². The molecular formula is C19H17F3N2O4. The lowest BCUT2D eigenvalue weighted by Gasteiger charge is -2.11. The molecule has 6 nitrogen and oxygen atoms in total. The molecule has 0 saturated carbocycles. The Balaban J connectivity index is 1.98. The fourth-order valence-corrected chi connectivity index (χ4v) is 2.13. The van der Waals surface area contributed by atoms with E-state index >= 15 is 0 Å². The Bertz CT molecular complexity index is 872. The van der Waals surface area contributed by atoms with Crippen LogP contribution in [0.5, 0.6) is 11.5 Å². The molecule has 0 bridgehead atoms. The highest BCUT2D eigenvalue weighted by Crippen LogP contribution is 2.30. The van der Waals surface area contributed by atoms with E-state index in [0.717, 1.165) is 12.1 Å². The number of amides is 2. The van der Waals surface area contributed by atoms with Crippen molar-refractivity contribution in [3.63, 3.8) is 0 Å². The van der Waals surface area contributed by atoms with Gasteiger partial charge in [-0.3, -0.25) is 20.4 Å². The number of hydrazine groups is 1. The molecule has 28 heavy (non-hydrogen) atoms. The third-order valence-corrected chi connectivity index (χ3v) is 3.33. The molecule has 0 atom stereocenters. The third kappa shape index (κ3) is 6.04. The van der Waals surface area contributed by atoms with E-state index in [4.69, 9.17) is 4.74 Å². The van der Waals surface area contributed by atoms with Crippen LogP contribution in [-0.2, 0) is 4.79 Å². The number of benzene rings is 2. The van der Waals surface area contributed by atoms with Gasteiger partial charge in [0.2, 0.25) is 0 Å². The highest BCUT2D eigenvalue weighted by molar-refractivity contribution is 5.98. The largest absolute Gasteiger partial charge is 0.490 e. The molecule has 2 aromatic carbocycles. The third-order valence-electron chi connectivity index (χ3n) is 3.33. The smallest absolute Gasteiger partial charge is 0.387 e. The lowest BCUT2D eigenvalue weighted by atomic mass is 10.2. The van der Waals surface area contributed by atoms with Gasteiger partial charge in [-0.1, -0.05) is 18.2 Å². The maximum Gasteiger partial charge on any atom is 0.387 e. The molecule has 148 valence electrons. The lowest BCUT2D eigenvalue weighted by molar-refractivity contribution is -0.117. The van der Waals surface area contributed by atoms with Gasteiger partial charge >= 0.3 is 6.61 Å². The summed E-state index contributed by atoms with van der Waals surface area (Å²) < 4.78 is 47.9. The van der Waals surface area contributed by atoms with Gasteiger partial charge in [0.25, 0.3) is 11.8 Å². The second-order valence-corrected chi connectivity index (χ2v) is 5.27. The lowest BCUT2D eigenvalue weighted by Crippen LogP contribution is -2.41. The number of nitrogens with one attached hydrogen (secondary N) is 2. The fraction of sp³-hybridized carbons (Fsp3) is 0.158. The fourth-order valence-electron chi connectivity index (χ4n) is 2.13. The molecule has 2 N–H and O–H groups in total. The van der Waals surface area contributed by atoms with Crippen LogP contribution in [0.2, 0.25) is 0 Å². The maximum absolute atomic E-state index is 13.5. The Kier molecular flexibility index (Phi) is 7.44. The number of ether oxygens (including phenoxy) is 2. The van der Waals surface area contributed by atoms with Crippen molar-refractivity contribution in [2.24, 2.45) is 0 Å². The summed E-state index contributed by atoms with van der Waals surface area (Å²) in [5.41, 5.74) is 4.44. The molecule has 2 rings (SSSR count). The summed E-state index contributed by atoms with van der Waals surface area (Å²) in [6.45, 7) is -1.08. The summed E-state index contributed by atoms with van der Waals surface area (Å²) in [4.78, 5) is 23.6. The molecular weight excluding hydrogens is 377 g/mol. The van der Waals surface area contributed by atoms with Crippen LogP contribution in [0, 0.1) is 5.82 Å². The minimum absolute atomic E-state index is 0.0956. The van der Waals surface area contributed by atoms with Gasteiger partial charge in [0.05, 0.1) is 12.2 Å². The molecule has 0 aliphatic rings. The molecule has 0 aliphatic heterocycles. The highest BCUT2D eigenvalue weighted by atomic mass is 19.3. The molecule has 2 aromatic rings. The normalized spacial score (nSPS) is 10.8. The monoisotopic (exact) mass is 394 g/mol. The van der Waals surface area contributed by atoms with Crippen LogP contribution in [0.1, 0.15) is 22.8 Å². The summed E-state index contributed by atoms with van der Waals surface area (Å²) in [7, 11) is 0. The van der Waals surface area contributed by atoms with Gasteiger partial charge in [0, 0.05) is 6.08 Å². The number of carbonyl (C=O) groups is 2. The molecule has 0 fully saturated rings. The van der Waals surface area contributed by atoms with Gasteiger partial charge in [0.1, 0.15) is 5.82 Å². The molecule has 2 amide bonds. The van der Waals surface area contributed by atoms with E-state index in [-0.39, 0.29) is 23.7 Å². The molecule has 0 aliphatic carbocycles. The van der Waals surface area contributed by atoms with Crippen LogP contribution in [-0.4, -0.2) is 25.0 Å². The predicted molar refractivity (Wildman–Crippen MR) is 95.3 cm³/mol. The molecule has 0 unspecified atom stereocenters. The number of carbonyl (C=O) groups excluding carboxylic acids is 2. The molecule has 0 aromatic heterocycles. The zero-order valence-corrected chi connectivity index (χ0v) is 14.7. The van der Waals surface area contributed by atoms with E-state index in [2.05, 4.69) is 15.6 Å². The van der Waals surface area contributed by atoms with E-state index in [1.54, 1.807) is 6.92 Å². The second-order valence-electron chi connectivity index (χ2n) is 5.27. The minimum Gasteiger partial charge on any atom is -0.490 e. The summed E-state index contributed by atoms with van der Waals surface area (Å²) in [5.74, 6) is -2.25. The first-order valence-electron chi connectivity index (χ1n) is 8.15. The van der Waals surface area contributed by atoms with Crippen LogP contribution in [0.3, 0.4) is 0 Å². The highest BCUT2D eigenvalue weighted by Gasteiger charge is 2.12. The van der Waals surface area contributed by atoms with Crippen molar-refractivity contribution in [3.05, 3.63) is 65.5 Å². The Labute approximate surface area is 158 Å². The van der Waals surface area contributed by atoms with Crippen LogP contribution in [0.15, 0.2) is 48.5 Å². The van der Waals surface area contributed by atoms with Crippen molar-refractivity contribution >= 4 is 17.9 Å². The van der Waals surface area contributed by atoms with Crippen LogP contribution in [0.25, 0.3) is 6.08 Å². The van der Waals surface area contributed by atoms with Crippen molar-refractivity contribution in [2.45, 2.75) is 13.5 Å². The van der Waals surface area contributed by atoms with Gasteiger partial charge in [-0.05, 0) is 42.8 Å². The van der Waals surface area contributed by atoms with Crippen molar-refractivity contribution in [1.82, 2.24) is 10.9 Å². The topological polar surface area (TPSA) is 76.7 Å². The maximum atomic E-state index is 13.5. The van der Waals surface area contributed by atoms with E-state index in [1.807, 2.05) is 0 Å². The van der Waals surface area contributed by atoms with E-state index in [9.17, 15) is 22.8 Å². The summed E-state index contributed by atoms with van der Waals surface area (Å²) in [6.07, 6.45) is 2.47. The summed E-state index contributed by atoms with van der Waals surface area (Å²) in [5, 5.41) is 0. The Morgan fingerprint density at radius 3 is 2.54 bits per heavy atom. The number of halogens is 3. The SMILES string of the molecule is CCOc1cc(/C=C/C(=O)NNC(=O)c2ccccc2F)ccc1OC(F)F. The van der Waals surface area contributed by atoms with Crippen LogP contribution < -0.4 is 20.3 Å². The Morgan fingerprint density at radius 2 is 1.86 bits per heavy atom. The van der Waals surface area contributed by atoms with Gasteiger partial charge in [0.15, 0.2) is 11.5 Å². The number of rotatable bonds is 7. The number of alkyl halides is 2. The summed E-state index contributed by atoms with van der Waals surface area (Å²) >= 11 is 0. The Morgan fingerprint density at radius 1 is 1.11 bits per heavy atom. The molecule has 0 saturated heterocycles. The average Bonchev–Trinajstić information content (AvgIpc) is 2.66. The molecule has 0 spiro atoms. The first kappa shape index (κ1) is 20.8. The van der Waals surface area contributed by atoms with Crippen molar-refractivity contribution < 1.29 is 32.2 Å². The zero-order chi connectivity index (χ0) is 20.5. The molecule has 9 heteroatoms. The van der Waals surface area contributed by atoms with Crippen molar-refractivity contribution in [3.8, 4) is 11.5 Å².